The zero-order chi connectivity index (χ0) is 21.8. The lowest BCUT2D eigenvalue weighted by atomic mass is 10.1. The summed E-state index contributed by atoms with van der Waals surface area (Å²) in [6.45, 7) is 1.42. The number of hydrogen-bond donors (Lipinski definition) is 2. The van der Waals surface area contributed by atoms with Gasteiger partial charge in [-0.3, -0.25) is 9.59 Å². The van der Waals surface area contributed by atoms with Crippen molar-refractivity contribution in [3.63, 3.8) is 0 Å². The van der Waals surface area contributed by atoms with Crippen molar-refractivity contribution in [2.24, 2.45) is 0 Å². The molecule has 2 N–H and O–H groups in total. The van der Waals surface area contributed by atoms with Crippen LogP contribution in [0.15, 0.2) is 85.1 Å². The first-order valence-electron chi connectivity index (χ1n) is 9.60. The molecule has 0 saturated carbocycles. The van der Waals surface area contributed by atoms with Gasteiger partial charge in [0.1, 0.15) is 5.69 Å². The number of benzene rings is 3. The number of anilines is 2. The molecule has 31 heavy (non-hydrogen) atoms. The van der Waals surface area contributed by atoms with E-state index in [9.17, 15) is 9.59 Å². The minimum Gasteiger partial charge on any atom is -0.326 e. The largest absolute Gasteiger partial charge is 0.326 e. The van der Waals surface area contributed by atoms with Gasteiger partial charge in [0.2, 0.25) is 5.91 Å². The summed E-state index contributed by atoms with van der Waals surface area (Å²) in [5.41, 5.74) is 3.64. The van der Waals surface area contributed by atoms with Crippen molar-refractivity contribution in [1.29, 1.82) is 0 Å². The molecule has 0 spiro atoms. The molecule has 1 heterocycles. The van der Waals surface area contributed by atoms with Crippen LogP contribution in [0.1, 0.15) is 17.3 Å². The second-order valence-corrected chi connectivity index (χ2v) is 7.27. The molecule has 2 amide bonds. The fourth-order valence-electron chi connectivity index (χ4n) is 3.15. The van der Waals surface area contributed by atoms with E-state index in [0.717, 1.165) is 11.3 Å². The normalized spacial score (nSPS) is 10.5. The minimum atomic E-state index is -0.338. The average Bonchev–Trinajstić information content (AvgIpc) is 3.22. The van der Waals surface area contributed by atoms with Gasteiger partial charge in [-0.2, -0.15) is 5.10 Å². The molecule has 7 heteroatoms. The summed E-state index contributed by atoms with van der Waals surface area (Å²) in [6, 6.07) is 24.0. The van der Waals surface area contributed by atoms with Crippen LogP contribution in [-0.2, 0) is 4.79 Å². The second-order valence-electron chi connectivity index (χ2n) is 6.87. The smallest absolute Gasteiger partial charge is 0.259 e. The van der Waals surface area contributed by atoms with Gasteiger partial charge in [-0.25, -0.2) is 4.68 Å². The minimum absolute atomic E-state index is 0.200. The highest BCUT2D eigenvalue weighted by Gasteiger charge is 2.19. The van der Waals surface area contributed by atoms with Crippen LogP contribution in [0.4, 0.5) is 11.4 Å². The average molecular weight is 431 g/mol. The zero-order valence-corrected chi connectivity index (χ0v) is 17.4. The Balaban J connectivity index is 1.69. The second kappa shape index (κ2) is 8.85. The maximum Gasteiger partial charge on any atom is 0.259 e. The molecule has 4 aromatic rings. The predicted octanol–water partition coefficient (Wildman–Crippen LogP) is 5.40. The highest BCUT2D eigenvalue weighted by Crippen LogP contribution is 2.28. The lowest BCUT2D eigenvalue weighted by Crippen LogP contribution is -2.13. The van der Waals surface area contributed by atoms with E-state index in [4.69, 9.17) is 11.6 Å². The number of aromatic nitrogens is 2. The van der Waals surface area contributed by atoms with E-state index in [1.165, 1.54) is 6.92 Å². The number of carbonyl (C=O) groups is 2. The number of amides is 2. The van der Waals surface area contributed by atoms with Crippen molar-refractivity contribution in [1.82, 2.24) is 9.78 Å². The standard InChI is InChI=1S/C24H19ClN4O2/c1-16(30)26-18-12-13-22(21(25)14-18)27-24(31)20-15-29(19-10-6-3-7-11-19)28-23(20)17-8-4-2-5-9-17/h2-15H,1H3,(H,26,30)(H,27,31). The molecule has 0 unspecified atom stereocenters. The summed E-state index contributed by atoms with van der Waals surface area (Å²) in [5, 5.41) is 10.5. The van der Waals surface area contributed by atoms with E-state index in [1.807, 2.05) is 60.7 Å². The monoisotopic (exact) mass is 430 g/mol. The number of halogens is 1. The van der Waals surface area contributed by atoms with Gasteiger partial charge in [-0.1, -0.05) is 60.1 Å². The van der Waals surface area contributed by atoms with Gasteiger partial charge < -0.3 is 10.6 Å². The lowest BCUT2D eigenvalue weighted by Gasteiger charge is -2.09. The molecule has 0 fully saturated rings. The van der Waals surface area contributed by atoms with Crippen LogP contribution in [-0.4, -0.2) is 21.6 Å². The van der Waals surface area contributed by atoms with Gasteiger partial charge in [0, 0.05) is 24.4 Å². The fraction of sp³-hybridized carbons (Fsp3) is 0.0417. The molecule has 0 aliphatic rings. The van der Waals surface area contributed by atoms with Gasteiger partial charge >= 0.3 is 0 Å². The molecular formula is C24H19ClN4O2. The molecule has 4 rings (SSSR count). The summed E-state index contributed by atoms with van der Waals surface area (Å²) < 4.78 is 1.68. The number of hydrogen-bond acceptors (Lipinski definition) is 3. The number of rotatable bonds is 5. The van der Waals surface area contributed by atoms with Crippen LogP contribution in [0.2, 0.25) is 5.02 Å². The molecule has 0 radical (unpaired) electrons. The third kappa shape index (κ3) is 4.65. The van der Waals surface area contributed by atoms with E-state index < -0.39 is 0 Å². The number of nitrogens with one attached hydrogen (secondary N) is 2. The summed E-state index contributed by atoms with van der Waals surface area (Å²) >= 11 is 6.32. The van der Waals surface area contributed by atoms with Crippen LogP contribution >= 0.6 is 11.6 Å². The van der Waals surface area contributed by atoms with Crippen molar-refractivity contribution < 1.29 is 9.59 Å². The van der Waals surface area contributed by atoms with Crippen LogP contribution in [0.5, 0.6) is 0 Å². The van der Waals surface area contributed by atoms with E-state index in [0.29, 0.717) is 27.7 Å². The molecular weight excluding hydrogens is 412 g/mol. The highest BCUT2D eigenvalue weighted by molar-refractivity contribution is 6.34. The quantitative estimate of drug-likeness (QED) is 0.445. The van der Waals surface area contributed by atoms with Crippen LogP contribution < -0.4 is 10.6 Å². The maximum atomic E-state index is 13.2. The summed E-state index contributed by atoms with van der Waals surface area (Å²) in [4.78, 5) is 24.4. The van der Waals surface area contributed by atoms with Crippen LogP contribution in [0, 0.1) is 0 Å². The first kappa shape index (κ1) is 20.4. The van der Waals surface area contributed by atoms with Crippen LogP contribution in [0.3, 0.4) is 0 Å². The van der Waals surface area contributed by atoms with E-state index >= 15 is 0 Å². The third-order valence-electron chi connectivity index (χ3n) is 4.56. The van der Waals surface area contributed by atoms with Gasteiger partial charge in [0.15, 0.2) is 0 Å². The Kier molecular flexibility index (Phi) is 5.82. The first-order chi connectivity index (χ1) is 15.0. The molecule has 0 aliphatic carbocycles. The third-order valence-corrected chi connectivity index (χ3v) is 4.88. The number of carbonyl (C=O) groups excluding carboxylic acids is 2. The number of para-hydroxylation sites is 1. The Morgan fingerprint density at radius 3 is 2.23 bits per heavy atom. The van der Waals surface area contributed by atoms with E-state index in [-0.39, 0.29) is 11.8 Å². The van der Waals surface area contributed by atoms with Gasteiger partial charge in [-0.05, 0) is 30.3 Å². The van der Waals surface area contributed by atoms with Gasteiger partial charge in [0.05, 0.1) is 22.0 Å². The van der Waals surface area contributed by atoms with E-state index in [1.54, 1.807) is 29.1 Å². The van der Waals surface area contributed by atoms with Crippen LogP contribution in [0.25, 0.3) is 16.9 Å². The first-order valence-corrected chi connectivity index (χ1v) is 9.98. The van der Waals surface area contributed by atoms with Crippen molar-refractivity contribution >= 4 is 34.8 Å². The Bertz CT molecular complexity index is 1240. The Labute approximate surface area is 184 Å². The predicted molar refractivity (Wildman–Crippen MR) is 123 cm³/mol. The fourth-order valence-corrected chi connectivity index (χ4v) is 3.38. The van der Waals surface area contributed by atoms with Crippen molar-refractivity contribution in [3.8, 4) is 16.9 Å². The Morgan fingerprint density at radius 1 is 0.903 bits per heavy atom. The summed E-state index contributed by atoms with van der Waals surface area (Å²) in [5.74, 6) is -0.538. The number of nitrogens with zero attached hydrogens (tertiary/aromatic N) is 2. The molecule has 3 aromatic carbocycles. The lowest BCUT2D eigenvalue weighted by molar-refractivity contribution is -0.114. The Hall–Kier alpha value is -3.90. The molecule has 0 atom stereocenters. The maximum absolute atomic E-state index is 13.2. The summed E-state index contributed by atoms with van der Waals surface area (Å²) in [7, 11) is 0. The van der Waals surface area contributed by atoms with Crippen molar-refractivity contribution in [3.05, 3.63) is 95.6 Å². The van der Waals surface area contributed by atoms with Gasteiger partial charge in [0.25, 0.3) is 5.91 Å². The molecule has 0 saturated heterocycles. The summed E-state index contributed by atoms with van der Waals surface area (Å²) in [6.07, 6.45) is 1.70. The zero-order valence-electron chi connectivity index (χ0n) is 16.7. The van der Waals surface area contributed by atoms with E-state index in [2.05, 4.69) is 15.7 Å². The molecule has 0 aliphatic heterocycles. The highest BCUT2D eigenvalue weighted by atomic mass is 35.5. The Morgan fingerprint density at radius 2 is 1.58 bits per heavy atom. The topological polar surface area (TPSA) is 76.0 Å². The van der Waals surface area contributed by atoms with Crippen molar-refractivity contribution in [2.45, 2.75) is 6.92 Å². The SMILES string of the molecule is CC(=O)Nc1ccc(NC(=O)c2cn(-c3ccccc3)nc2-c2ccccc2)c(Cl)c1. The molecule has 6 nitrogen and oxygen atoms in total. The van der Waals surface area contributed by atoms with Gasteiger partial charge in [-0.15, -0.1) is 0 Å². The van der Waals surface area contributed by atoms with Crippen molar-refractivity contribution in [2.75, 3.05) is 10.6 Å². The molecule has 0 bridgehead atoms. The molecule has 1 aromatic heterocycles. The molecule has 154 valence electrons.